The lowest BCUT2D eigenvalue weighted by atomic mass is 10.0. The van der Waals surface area contributed by atoms with Crippen LogP contribution >= 0.6 is 0 Å². The minimum absolute atomic E-state index is 0.658. The Morgan fingerprint density at radius 3 is 2.76 bits per heavy atom. The summed E-state index contributed by atoms with van der Waals surface area (Å²) >= 11 is 0. The van der Waals surface area contributed by atoms with Crippen LogP contribution < -0.4 is 4.74 Å². The smallest absolute Gasteiger partial charge is 0.328 e. The second-order valence-electron chi connectivity index (χ2n) is 5.81. The number of hydrogen-bond donors (Lipinski definition) is 1. The molecule has 0 aromatic heterocycles. The van der Waals surface area contributed by atoms with E-state index in [1.807, 2.05) is 24.3 Å². The van der Waals surface area contributed by atoms with E-state index >= 15 is 0 Å². The van der Waals surface area contributed by atoms with Gasteiger partial charge in [-0.1, -0.05) is 26.0 Å². The molecule has 1 aromatic rings. The molecule has 21 heavy (non-hydrogen) atoms. The van der Waals surface area contributed by atoms with Crippen LogP contribution in [0.1, 0.15) is 19.4 Å². The van der Waals surface area contributed by atoms with Gasteiger partial charge in [-0.3, -0.25) is 4.90 Å². The summed E-state index contributed by atoms with van der Waals surface area (Å²) in [5, 5.41) is 8.63. The van der Waals surface area contributed by atoms with Crippen LogP contribution in [0.25, 0.3) is 6.08 Å². The molecule has 0 aliphatic carbocycles. The Hall–Kier alpha value is -1.81. The second-order valence-corrected chi connectivity index (χ2v) is 5.81. The molecular weight excluding hydrogens is 266 g/mol. The Kier molecular flexibility index (Phi) is 5.39. The van der Waals surface area contributed by atoms with E-state index in [1.54, 1.807) is 6.08 Å². The molecule has 1 fully saturated rings. The highest BCUT2D eigenvalue weighted by Gasteiger charge is 2.25. The zero-order valence-corrected chi connectivity index (χ0v) is 12.7. The average molecular weight is 289 g/mol. The van der Waals surface area contributed by atoms with E-state index in [2.05, 4.69) is 18.7 Å². The van der Waals surface area contributed by atoms with E-state index in [-0.39, 0.29) is 0 Å². The van der Waals surface area contributed by atoms with E-state index in [9.17, 15) is 4.79 Å². The third kappa shape index (κ3) is 4.90. The quantitative estimate of drug-likeness (QED) is 0.818. The Labute approximate surface area is 126 Å². The van der Waals surface area contributed by atoms with Crippen LogP contribution in [0.5, 0.6) is 5.75 Å². The predicted octanol–water partition coefficient (Wildman–Crippen LogP) is 2.75. The van der Waals surface area contributed by atoms with E-state index < -0.39 is 5.97 Å². The maximum atomic E-state index is 10.5. The maximum Gasteiger partial charge on any atom is 0.328 e. The van der Waals surface area contributed by atoms with Crippen molar-refractivity contribution in [2.45, 2.75) is 13.8 Å². The summed E-state index contributed by atoms with van der Waals surface area (Å²) < 4.78 is 5.76. The molecule has 1 heterocycles. The average Bonchev–Trinajstić information content (AvgIpc) is 2.76. The zero-order valence-electron chi connectivity index (χ0n) is 12.7. The van der Waals surface area contributed by atoms with Gasteiger partial charge in [-0.05, 0) is 35.6 Å². The molecule has 2 unspecified atom stereocenters. The fourth-order valence-electron chi connectivity index (χ4n) is 2.60. The number of carboxylic acids is 1. The van der Waals surface area contributed by atoms with Crippen molar-refractivity contribution in [2.75, 3.05) is 26.2 Å². The van der Waals surface area contributed by atoms with E-state index in [4.69, 9.17) is 9.84 Å². The van der Waals surface area contributed by atoms with Crippen LogP contribution in [-0.2, 0) is 4.79 Å². The fraction of sp³-hybridized carbons (Fsp3) is 0.471. The normalized spacial score (nSPS) is 22.8. The van der Waals surface area contributed by atoms with Gasteiger partial charge in [0.15, 0.2) is 0 Å². The highest BCUT2D eigenvalue weighted by atomic mass is 16.5. The van der Waals surface area contributed by atoms with Crippen molar-refractivity contribution in [3.63, 3.8) is 0 Å². The lowest BCUT2D eigenvalue weighted by Gasteiger charge is -2.15. The van der Waals surface area contributed by atoms with E-state index in [0.717, 1.165) is 48.9 Å². The number of carbonyl (C=O) groups is 1. The van der Waals surface area contributed by atoms with Crippen molar-refractivity contribution < 1.29 is 14.6 Å². The van der Waals surface area contributed by atoms with Crippen LogP contribution in [0.4, 0.5) is 0 Å². The summed E-state index contributed by atoms with van der Waals surface area (Å²) in [6.07, 6.45) is 2.70. The number of nitrogens with zero attached hydrogens (tertiary/aromatic N) is 1. The van der Waals surface area contributed by atoms with E-state index in [1.165, 1.54) is 0 Å². The summed E-state index contributed by atoms with van der Waals surface area (Å²) in [7, 11) is 0. The highest BCUT2D eigenvalue weighted by Crippen LogP contribution is 2.21. The first-order valence-corrected chi connectivity index (χ1v) is 7.41. The molecule has 0 radical (unpaired) electrons. The molecule has 0 amide bonds. The zero-order chi connectivity index (χ0) is 15.2. The van der Waals surface area contributed by atoms with Crippen molar-refractivity contribution >= 4 is 12.0 Å². The molecule has 4 nitrogen and oxygen atoms in total. The van der Waals surface area contributed by atoms with Gasteiger partial charge in [0.25, 0.3) is 0 Å². The second kappa shape index (κ2) is 7.27. The topological polar surface area (TPSA) is 49.8 Å². The van der Waals surface area contributed by atoms with Crippen molar-refractivity contribution in [1.82, 2.24) is 4.90 Å². The Morgan fingerprint density at radius 1 is 1.38 bits per heavy atom. The molecule has 1 N–H and O–H groups in total. The summed E-state index contributed by atoms with van der Waals surface area (Å²) in [5.74, 6) is 1.35. The number of aliphatic carboxylic acids is 1. The number of carboxylic acid groups (broad SMARTS) is 1. The first-order chi connectivity index (χ1) is 10.0. The summed E-state index contributed by atoms with van der Waals surface area (Å²) in [6, 6.07) is 7.48. The van der Waals surface area contributed by atoms with Crippen LogP contribution in [0.15, 0.2) is 30.3 Å². The van der Waals surface area contributed by atoms with Crippen LogP contribution in [0, 0.1) is 11.8 Å². The minimum Gasteiger partial charge on any atom is -0.492 e. The maximum absolute atomic E-state index is 10.5. The molecule has 2 atom stereocenters. The molecule has 2 rings (SSSR count). The molecule has 0 spiro atoms. The van der Waals surface area contributed by atoms with Crippen LogP contribution in [0.3, 0.4) is 0 Å². The van der Waals surface area contributed by atoms with Crippen molar-refractivity contribution in [3.05, 3.63) is 35.9 Å². The van der Waals surface area contributed by atoms with E-state index in [0.29, 0.717) is 6.61 Å². The van der Waals surface area contributed by atoms with Crippen molar-refractivity contribution in [2.24, 2.45) is 11.8 Å². The standard InChI is InChI=1S/C17H23NO3/c1-13-11-18(12-14(13)2)8-9-21-16-5-3-4-15(10-16)6-7-17(19)20/h3-7,10,13-14H,8-9,11-12H2,1-2H3,(H,19,20). The lowest BCUT2D eigenvalue weighted by Crippen LogP contribution is -2.26. The van der Waals surface area contributed by atoms with Gasteiger partial charge in [0, 0.05) is 25.7 Å². The summed E-state index contributed by atoms with van der Waals surface area (Å²) in [6.45, 7) is 8.47. The highest BCUT2D eigenvalue weighted by molar-refractivity contribution is 5.85. The van der Waals surface area contributed by atoms with Gasteiger partial charge in [-0.2, -0.15) is 0 Å². The van der Waals surface area contributed by atoms with Crippen molar-refractivity contribution in [1.29, 1.82) is 0 Å². The molecule has 1 saturated heterocycles. The number of hydrogen-bond acceptors (Lipinski definition) is 3. The van der Waals surface area contributed by atoms with Gasteiger partial charge in [0.05, 0.1) is 0 Å². The third-order valence-corrected chi connectivity index (χ3v) is 4.02. The Morgan fingerprint density at radius 2 is 2.10 bits per heavy atom. The van der Waals surface area contributed by atoms with Gasteiger partial charge < -0.3 is 9.84 Å². The fourth-order valence-corrected chi connectivity index (χ4v) is 2.60. The third-order valence-electron chi connectivity index (χ3n) is 4.02. The summed E-state index contributed by atoms with van der Waals surface area (Å²) in [5.41, 5.74) is 0.832. The Bertz CT molecular complexity index is 503. The number of ether oxygens (including phenoxy) is 1. The minimum atomic E-state index is -0.946. The van der Waals surface area contributed by atoms with Crippen LogP contribution in [-0.4, -0.2) is 42.2 Å². The first-order valence-electron chi connectivity index (χ1n) is 7.41. The molecule has 1 aliphatic heterocycles. The van der Waals surface area contributed by atoms with Gasteiger partial charge in [-0.25, -0.2) is 4.79 Å². The monoisotopic (exact) mass is 289 g/mol. The predicted molar refractivity (Wildman–Crippen MR) is 83.4 cm³/mol. The van der Waals surface area contributed by atoms with Crippen LogP contribution in [0.2, 0.25) is 0 Å². The Balaban J connectivity index is 1.81. The number of benzene rings is 1. The molecule has 1 aliphatic rings. The van der Waals surface area contributed by atoms with Gasteiger partial charge in [0.2, 0.25) is 0 Å². The van der Waals surface area contributed by atoms with Crippen molar-refractivity contribution in [3.8, 4) is 5.75 Å². The van der Waals surface area contributed by atoms with Gasteiger partial charge in [0.1, 0.15) is 12.4 Å². The molecule has 0 saturated carbocycles. The first kappa shape index (κ1) is 15.6. The molecule has 0 bridgehead atoms. The molecule has 1 aromatic carbocycles. The largest absolute Gasteiger partial charge is 0.492 e. The van der Waals surface area contributed by atoms with Gasteiger partial charge >= 0.3 is 5.97 Å². The van der Waals surface area contributed by atoms with Gasteiger partial charge in [-0.15, -0.1) is 0 Å². The number of likely N-dealkylation sites (tertiary alicyclic amines) is 1. The molecular formula is C17H23NO3. The molecule has 4 heteroatoms. The molecule has 114 valence electrons. The SMILES string of the molecule is CC1CN(CCOc2cccc(C=CC(=O)O)c2)CC1C. The number of rotatable bonds is 6. The summed E-state index contributed by atoms with van der Waals surface area (Å²) in [4.78, 5) is 12.9. The lowest BCUT2D eigenvalue weighted by molar-refractivity contribution is -0.131.